The van der Waals surface area contributed by atoms with E-state index >= 15 is 0 Å². The van der Waals surface area contributed by atoms with Crippen molar-refractivity contribution in [3.8, 4) is 0 Å². The number of guanidine groups is 1. The second-order valence-corrected chi connectivity index (χ2v) is 4.90. The molecule has 0 unspecified atom stereocenters. The maximum atomic E-state index is 11.5. The molecule has 1 amide bonds. The average Bonchev–Trinajstić information content (AvgIpc) is 2.70. The summed E-state index contributed by atoms with van der Waals surface area (Å²) >= 11 is 0. The van der Waals surface area contributed by atoms with Gasteiger partial charge in [-0.2, -0.15) is 5.10 Å². The molecule has 1 aromatic rings. The summed E-state index contributed by atoms with van der Waals surface area (Å²) in [5.41, 5.74) is 3.27. The fourth-order valence-corrected chi connectivity index (χ4v) is 1.96. The molecule has 3 N–H and O–H groups in total. The Morgan fingerprint density at radius 2 is 1.95 bits per heavy atom. The van der Waals surface area contributed by atoms with Crippen LogP contribution < -0.4 is 16.0 Å². The first kappa shape index (κ1) is 20.7. The van der Waals surface area contributed by atoms with Crippen LogP contribution in [0.25, 0.3) is 0 Å². The second kappa shape index (κ2) is 10.4. The molecule has 1 rings (SSSR count). The molecule has 1 heterocycles. The SMILES string of the molecule is CCCNC(=O)CNC(=NC)NCc1c(C)nn(C)c1C.I. The van der Waals surface area contributed by atoms with Gasteiger partial charge in [-0.15, -0.1) is 24.0 Å². The van der Waals surface area contributed by atoms with Crippen molar-refractivity contribution < 1.29 is 4.79 Å². The Balaban J connectivity index is 0.00000441. The minimum Gasteiger partial charge on any atom is -0.355 e. The third-order valence-electron chi connectivity index (χ3n) is 3.30. The molecular formula is C14H27IN6O. The zero-order valence-corrected chi connectivity index (χ0v) is 16.3. The zero-order chi connectivity index (χ0) is 15.8. The summed E-state index contributed by atoms with van der Waals surface area (Å²) in [4.78, 5) is 15.6. The van der Waals surface area contributed by atoms with E-state index in [4.69, 9.17) is 0 Å². The standard InChI is InChI=1S/C14H26N6O.HI/c1-6-7-16-13(21)9-18-14(15-4)17-8-12-10(2)19-20(5)11(12)3;/h6-9H2,1-5H3,(H,16,21)(H2,15,17,18);1H. The van der Waals surface area contributed by atoms with Gasteiger partial charge in [-0.05, 0) is 20.3 Å². The maximum absolute atomic E-state index is 11.5. The lowest BCUT2D eigenvalue weighted by molar-refractivity contribution is -0.120. The summed E-state index contributed by atoms with van der Waals surface area (Å²) in [6, 6.07) is 0. The lowest BCUT2D eigenvalue weighted by Gasteiger charge is -2.12. The highest BCUT2D eigenvalue weighted by Gasteiger charge is 2.10. The predicted molar refractivity (Wildman–Crippen MR) is 99.6 cm³/mol. The molecule has 0 aromatic carbocycles. The van der Waals surface area contributed by atoms with E-state index in [2.05, 4.69) is 26.0 Å². The summed E-state index contributed by atoms with van der Waals surface area (Å²) in [7, 11) is 3.61. The van der Waals surface area contributed by atoms with Gasteiger partial charge in [0.05, 0.1) is 12.2 Å². The van der Waals surface area contributed by atoms with E-state index in [9.17, 15) is 4.79 Å². The Labute approximate surface area is 149 Å². The van der Waals surface area contributed by atoms with Gasteiger partial charge < -0.3 is 16.0 Å². The van der Waals surface area contributed by atoms with Crippen molar-refractivity contribution in [1.29, 1.82) is 0 Å². The average molecular weight is 422 g/mol. The number of hydrogen-bond donors (Lipinski definition) is 3. The largest absolute Gasteiger partial charge is 0.355 e. The molecule has 0 aliphatic rings. The highest BCUT2D eigenvalue weighted by atomic mass is 127. The van der Waals surface area contributed by atoms with Crippen molar-refractivity contribution in [2.45, 2.75) is 33.7 Å². The molecule has 0 spiro atoms. The Kier molecular flexibility index (Phi) is 9.79. The molecule has 22 heavy (non-hydrogen) atoms. The number of nitrogens with one attached hydrogen (secondary N) is 3. The number of hydrogen-bond acceptors (Lipinski definition) is 3. The van der Waals surface area contributed by atoms with Gasteiger partial charge in [0, 0.05) is 38.4 Å². The van der Waals surface area contributed by atoms with Crippen molar-refractivity contribution in [2.24, 2.45) is 12.0 Å². The van der Waals surface area contributed by atoms with Crippen LogP contribution in [0, 0.1) is 13.8 Å². The first-order chi connectivity index (χ1) is 9.99. The van der Waals surface area contributed by atoms with Crippen LogP contribution in [0.1, 0.15) is 30.3 Å². The number of aromatic nitrogens is 2. The van der Waals surface area contributed by atoms with Crippen LogP contribution in [0.5, 0.6) is 0 Å². The van der Waals surface area contributed by atoms with E-state index in [1.165, 1.54) is 0 Å². The van der Waals surface area contributed by atoms with Crippen molar-refractivity contribution in [3.05, 3.63) is 17.0 Å². The van der Waals surface area contributed by atoms with E-state index in [1.807, 2.05) is 32.5 Å². The highest BCUT2D eigenvalue weighted by molar-refractivity contribution is 14.0. The fraction of sp³-hybridized carbons (Fsp3) is 0.643. The monoisotopic (exact) mass is 422 g/mol. The molecule has 0 saturated heterocycles. The van der Waals surface area contributed by atoms with Gasteiger partial charge in [-0.1, -0.05) is 6.92 Å². The summed E-state index contributed by atoms with van der Waals surface area (Å²) in [5.74, 6) is 0.567. The molecule has 0 aliphatic carbocycles. The van der Waals surface area contributed by atoms with Crippen LogP contribution in [-0.4, -0.2) is 41.8 Å². The predicted octanol–water partition coefficient (Wildman–Crippen LogP) is 0.846. The number of rotatable bonds is 6. The summed E-state index contributed by atoms with van der Waals surface area (Å²) in [6.45, 7) is 7.57. The van der Waals surface area contributed by atoms with E-state index < -0.39 is 0 Å². The molecule has 0 aliphatic heterocycles. The number of nitrogens with zero attached hydrogens (tertiary/aromatic N) is 3. The minimum absolute atomic E-state index is 0. The number of carbonyl (C=O) groups excluding carboxylic acids is 1. The zero-order valence-electron chi connectivity index (χ0n) is 14.0. The molecular weight excluding hydrogens is 395 g/mol. The molecule has 0 atom stereocenters. The van der Waals surface area contributed by atoms with E-state index in [0.717, 1.165) is 23.4 Å². The lowest BCUT2D eigenvalue weighted by atomic mass is 10.2. The third kappa shape index (κ3) is 6.20. The summed E-state index contributed by atoms with van der Waals surface area (Å²) < 4.78 is 1.86. The normalized spacial score (nSPS) is 10.9. The first-order valence-electron chi connectivity index (χ1n) is 7.19. The van der Waals surface area contributed by atoms with Crippen LogP contribution in [-0.2, 0) is 18.4 Å². The van der Waals surface area contributed by atoms with Gasteiger partial charge in [0.2, 0.25) is 5.91 Å². The topological polar surface area (TPSA) is 83.3 Å². The van der Waals surface area contributed by atoms with E-state index in [1.54, 1.807) is 7.05 Å². The smallest absolute Gasteiger partial charge is 0.239 e. The van der Waals surface area contributed by atoms with Crippen molar-refractivity contribution in [2.75, 3.05) is 20.1 Å². The number of amides is 1. The van der Waals surface area contributed by atoms with Crippen LogP contribution in [0.4, 0.5) is 0 Å². The number of carbonyl (C=O) groups is 1. The molecule has 8 heteroatoms. The van der Waals surface area contributed by atoms with Crippen molar-refractivity contribution in [1.82, 2.24) is 25.7 Å². The highest BCUT2D eigenvalue weighted by Crippen LogP contribution is 2.10. The Morgan fingerprint density at radius 3 is 2.45 bits per heavy atom. The first-order valence-corrected chi connectivity index (χ1v) is 7.19. The van der Waals surface area contributed by atoms with Crippen LogP contribution in [0.3, 0.4) is 0 Å². The van der Waals surface area contributed by atoms with E-state index in [0.29, 0.717) is 19.0 Å². The summed E-state index contributed by atoms with van der Waals surface area (Å²) in [6.07, 6.45) is 0.929. The molecule has 0 fully saturated rings. The van der Waals surface area contributed by atoms with Crippen LogP contribution in [0.2, 0.25) is 0 Å². The molecule has 0 saturated carbocycles. The van der Waals surface area contributed by atoms with Gasteiger partial charge >= 0.3 is 0 Å². The van der Waals surface area contributed by atoms with Gasteiger partial charge in [0.25, 0.3) is 0 Å². The minimum atomic E-state index is -0.0338. The van der Waals surface area contributed by atoms with Gasteiger partial charge in [-0.25, -0.2) is 0 Å². The van der Waals surface area contributed by atoms with Crippen LogP contribution >= 0.6 is 24.0 Å². The molecule has 0 bridgehead atoms. The molecule has 126 valence electrons. The Bertz CT molecular complexity index is 512. The number of aryl methyl sites for hydroxylation is 2. The molecule has 1 aromatic heterocycles. The van der Waals surface area contributed by atoms with Gasteiger partial charge in [0.1, 0.15) is 0 Å². The van der Waals surface area contributed by atoms with Gasteiger partial charge in [-0.3, -0.25) is 14.5 Å². The third-order valence-corrected chi connectivity index (χ3v) is 3.30. The Hall–Kier alpha value is -1.32. The van der Waals surface area contributed by atoms with Crippen molar-refractivity contribution in [3.63, 3.8) is 0 Å². The lowest BCUT2D eigenvalue weighted by Crippen LogP contribution is -2.43. The van der Waals surface area contributed by atoms with Crippen molar-refractivity contribution >= 4 is 35.8 Å². The number of aliphatic imine (C=N–C) groups is 1. The summed E-state index contributed by atoms with van der Waals surface area (Å²) in [5, 5.41) is 13.4. The molecule has 0 radical (unpaired) electrons. The second-order valence-electron chi connectivity index (χ2n) is 4.90. The Morgan fingerprint density at radius 1 is 1.27 bits per heavy atom. The maximum Gasteiger partial charge on any atom is 0.239 e. The van der Waals surface area contributed by atoms with E-state index in [-0.39, 0.29) is 36.4 Å². The molecule has 7 nitrogen and oxygen atoms in total. The quantitative estimate of drug-likeness (QED) is 0.361. The number of halogens is 1. The fourth-order valence-electron chi connectivity index (χ4n) is 1.96. The van der Waals surface area contributed by atoms with Crippen LogP contribution in [0.15, 0.2) is 4.99 Å². The van der Waals surface area contributed by atoms with Gasteiger partial charge in [0.15, 0.2) is 5.96 Å².